The smallest absolute Gasteiger partial charge is 0.191 e. The van der Waals surface area contributed by atoms with Crippen LogP contribution >= 0.6 is 0 Å². The van der Waals surface area contributed by atoms with Crippen LogP contribution in [0.15, 0.2) is 78.0 Å². The molecule has 3 rings (SSSR count). The third-order valence-corrected chi connectivity index (χ3v) is 4.18. The summed E-state index contributed by atoms with van der Waals surface area (Å²) < 4.78 is 5.85. The molecule has 6 nitrogen and oxygen atoms in total. The van der Waals surface area contributed by atoms with E-state index in [1.165, 1.54) is 0 Å². The number of aliphatic imine (C=N–C) groups is 1. The molecule has 0 amide bonds. The Morgan fingerprint density at radius 1 is 0.931 bits per heavy atom. The lowest BCUT2D eigenvalue weighted by atomic mass is 10.2. The van der Waals surface area contributed by atoms with E-state index in [4.69, 9.17) is 4.74 Å². The van der Waals surface area contributed by atoms with Gasteiger partial charge < -0.3 is 15.4 Å². The number of nitrogens with one attached hydrogen (secondary N) is 2. The van der Waals surface area contributed by atoms with E-state index in [-0.39, 0.29) is 0 Å². The minimum atomic E-state index is 0.450. The zero-order chi connectivity index (χ0) is 20.2. The first-order valence-corrected chi connectivity index (χ1v) is 9.87. The molecular formula is C23H27N5O. The van der Waals surface area contributed by atoms with Crippen LogP contribution in [0.3, 0.4) is 0 Å². The highest BCUT2D eigenvalue weighted by atomic mass is 16.5. The van der Waals surface area contributed by atoms with E-state index in [0.717, 1.165) is 48.2 Å². The van der Waals surface area contributed by atoms with Crippen molar-refractivity contribution >= 4 is 5.96 Å². The molecule has 0 spiro atoms. The molecule has 1 aromatic carbocycles. The Kier molecular flexibility index (Phi) is 8.02. The van der Waals surface area contributed by atoms with Crippen molar-refractivity contribution in [1.82, 2.24) is 20.6 Å². The summed E-state index contributed by atoms with van der Waals surface area (Å²) in [5, 5.41) is 6.64. The lowest BCUT2D eigenvalue weighted by Gasteiger charge is -2.11. The van der Waals surface area contributed by atoms with Gasteiger partial charge in [-0.1, -0.05) is 24.3 Å². The zero-order valence-electron chi connectivity index (χ0n) is 16.7. The first-order chi connectivity index (χ1) is 14.3. The summed E-state index contributed by atoms with van der Waals surface area (Å²) >= 11 is 0. The van der Waals surface area contributed by atoms with Crippen LogP contribution in [0.25, 0.3) is 0 Å². The number of guanidine groups is 1. The molecule has 0 aliphatic rings. The number of benzene rings is 1. The average molecular weight is 390 g/mol. The summed E-state index contributed by atoms with van der Waals surface area (Å²) in [4.78, 5) is 13.3. The highest BCUT2D eigenvalue weighted by Crippen LogP contribution is 2.15. The van der Waals surface area contributed by atoms with Crippen LogP contribution in [-0.2, 0) is 19.6 Å². The number of nitrogens with zero attached hydrogens (tertiary/aromatic N) is 3. The normalized spacial score (nSPS) is 11.1. The minimum Gasteiger partial charge on any atom is -0.487 e. The summed E-state index contributed by atoms with van der Waals surface area (Å²) in [5.41, 5.74) is 3.06. The van der Waals surface area contributed by atoms with Crippen molar-refractivity contribution in [2.24, 2.45) is 4.99 Å². The topological polar surface area (TPSA) is 71.4 Å². The van der Waals surface area contributed by atoms with E-state index >= 15 is 0 Å². The number of hydrogen-bond acceptors (Lipinski definition) is 4. The van der Waals surface area contributed by atoms with Crippen LogP contribution in [0.1, 0.15) is 23.9 Å². The maximum absolute atomic E-state index is 5.85. The van der Waals surface area contributed by atoms with Crippen molar-refractivity contribution in [3.05, 3.63) is 90.0 Å². The Hall–Kier alpha value is -3.41. The highest BCUT2D eigenvalue weighted by molar-refractivity contribution is 5.79. The number of ether oxygens (including phenoxy) is 1. The Morgan fingerprint density at radius 3 is 2.45 bits per heavy atom. The second-order valence-corrected chi connectivity index (χ2v) is 6.45. The Balaban J connectivity index is 1.52. The Labute approximate surface area is 172 Å². The SMILES string of the molecule is CCNC(=NCc1cccc(OCc2ccccn2)c1)NCCc1ccccn1. The first kappa shape index (κ1) is 20.3. The molecule has 0 unspecified atom stereocenters. The molecule has 3 aromatic rings. The van der Waals surface area contributed by atoms with Gasteiger partial charge in [-0.15, -0.1) is 0 Å². The molecule has 0 aliphatic carbocycles. The third-order valence-electron chi connectivity index (χ3n) is 4.18. The van der Waals surface area contributed by atoms with Gasteiger partial charge in [0.25, 0.3) is 0 Å². The molecule has 0 fully saturated rings. The van der Waals surface area contributed by atoms with Crippen LogP contribution in [0, 0.1) is 0 Å². The molecule has 0 saturated heterocycles. The van der Waals surface area contributed by atoms with Gasteiger partial charge in [-0.05, 0) is 48.9 Å². The van der Waals surface area contributed by atoms with E-state index < -0.39 is 0 Å². The molecule has 0 radical (unpaired) electrons. The van der Waals surface area contributed by atoms with Crippen LogP contribution in [0.4, 0.5) is 0 Å². The van der Waals surface area contributed by atoms with Crippen LogP contribution < -0.4 is 15.4 Å². The van der Waals surface area contributed by atoms with E-state index in [2.05, 4.69) is 38.6 Å². The van der Waals surface area contributed by atoms with Crippen LogP contribution in [0.2, 0.25) is 0 Å². The molecule has 0 atom stereocenters. The predicted octanol–water partition coefficient (Wildman–Crippen LogP) is 3.35. The summed E-state index contributed by atoms with van der Waals surface area (Å²) in [7, 11) is 0. The van der Waals surface area contributed by atoms with Gasteiger partial charge >= 0.3 is 0 Å². The predicted molar refractivity (Wildman–Crippen MR) is 116 cm³/mol. The van der Waals surface area contributed by atoms with Gasteiger partial charge in [0.1, 0.15) is 12.4 Å². The van der Waals surface area contributed by atoms with Crippen molar-refractivity contribution in [3.8, 4) is 5.75 Å². The van der Waals surface area contributed by atoms with Gasteiger partial charge in [0, 0.05) is 37.6 Å². The van der Waals surface area contributed by atoms with Crippen molar-refractivity contribution in [2.45, 2.75) is 26.5 Å². The van der Waals surface area contributed by atoms with Gasteiger partial charge in [-0.25, -0.2) is 4.99 Å². The number of rotatable bonds is 9. The molecule has 2 aromatic heterocycles. The molecule has 0 bridgehead atoms. The van der Waals surface area contributed by atoms with Gasteiger partial charge in [0.05, 0.1) is 12.2 Å². The Bertz CT molecular complexity index is 884. The standard InChI is InChI=1S/C23H27N5O/c1-2-24-23(27-15-12-20-9-3-5-13-25-20)28-17-19-8-7-11-22(16-19)29-18-21-10-4-6-14-26-21/h3-11,13-14,16H,2,12,15,17-18H2,1H3,(H2,24,27,28). The number of aromatic nitrogens is 2. The minimum absolute atomic E-state index is 0.450. The van der Waals surface area contributed by atoms with Gasteiger partial charge in [0.15, 0.2) is 5.96 Å². The molecule has 0 aliphatic heterocycles. The van der Waals surface area contributed by atoms with Gasteiger partial charge in [-0.3, -0.25) is 9.97 Å². The van der Waals surface area contributed by atoms with E-state index in [1.54, 1.807) is 6.20 Å². The molecule has 2 N–H and O–H groups in total. The lowest BCUT2D eigenvalue weighted by molar-refractivity contribution is 0.301. The summed E-state index contributed by atoms with van der Waals surface area (Å²) in [6.07, 6.45) is 4.44. The summed E-state index contributed by atoms with van der Waals surface area (Å²) in [6, 6.07) is 19.8. The van der Waals surface area contributed by atoms with Crippen LogP contribution in [0.5, 0.6) is 5.75 Å². The molecule has 2 heterocycles. The molecule has 6 heteroatoms. The van der Waals surface area contributed by atoms with E-state index in [9.17, 15) is 0 Å². The molecular weight excluding hydrogens is 362 g/mol. The fourth-order valence-electron chi connectivity index (χ4n) is 2.74. The van der Waals surface area contributed by atoms with Crippen LogP contribution in [-0.4, -0.2) is 29.0 Å². The monoisotopic (exact) mass is 389 g/mol. The second kappa shape index (κ2) is 11.4. The fraction of sp³-hybridized carbons (Fsp3) is 0.261. The highest BCUT2D eigenvalue weighted by Gasteiger charge is 2.01. The Morgan fingerprint density at radius 2 is 1.72 bits per heavy atom. The van der Waals surface area contributed by atoms with E-state index in [1.807, 2.05) is 60.8 Å². The lowest BCUT2D eigenvalue weighted by Crippen LogP contribution is -2.38. The summed E-state index contributed by atoms with van der Waals surface area (Å²) in [6.45, 7) is 4.66. The fourth-order valence-corrected chi connectivity index (χ4v) is 2.74. The number of pyridine rings is 2. The van der Waals surface area contributed by atoms with Gasteiger partial charge in [0.2, 0.25) is 0 Å². The third kappa shape index (κ3) is 7.25. The number of hydrogen-bond donors (Lipinski definition) is 2. The zero-order valence-corrected chi connectivity index (χ0v) is 16.7. The largest absolute Gasteiger partial charge is 0.487 e. The van der Waals surface area contributed by atoms with E-state index in [0.29, 0.717) is 13.2 Å². The van der Waals surface area contributed by atoms with Crippen molar-refractivity contribution in [2.75, 3.05) is 13.1 Å². The maximum atomic E-state index is 5.85. The van der Waals surface area contributed by atoms with Crippen molar-refractivity contribution in [3.63, 3.8) is 0 Å². The maximum Gasteiger partial charge on any atom is 0.191 e. The quantitative estimate of drug-likeness (QED) is 0.434. The first-order valence-electron chi connectivity index (χ1n) is 9.87. The molecule has 150 valence electrons. The second-order valence-electron chi connectivity index (χ2n) is 6.45. The van der Waals surface area contributed by atoms with Crippen molar-refractivity contribution < 1.29 is 4.74 Å². The molecule has 0 saturated carbocycles. The molecule has 29 heavy (non-hydrogen) atoms. The summed E-state index contributed by atoms with van der Waals surface area (Å²) in [5.74, 6) is 1.61. The van der Waals surface area contributed by atoms with Crippen molar-refractivity contribution in [1.29, 1.82) is 0 Å². The van der Waals surface area contributed by atoms with Gasteiger partial charge in [-0.2, -0.15) is 0 Å². The average Bonchev–Trinajstić information content (AvgIpc) is 2.78.